The second-order valence-electron chi connectivity index (χ2n) is 5.43. The average Bonchev–Trinajstić information content (AvgIpc) is 3.00. The molecule has 0 spiro atoms. The molecular formula is C16H21N3O3S2. The summed E-state index contributed by atoms with van der Waals surface area (Å²) in [7, 11) is -2.05. The summed E-state index contributed by atoms with van der Waals surface area (Å²) in [5.74, 6) is -0.0555. The van der Waals surface area contributed by atoms with E-state index in [0.29, 0.717) is 12.8 Å². The molecule has 1 aromatic carbocycles. The third-order valence-electron chi connectivity index (χ3n) is 3.60. The van der Waals surface area contributed by atoms with Crippen LogP contribution in [0, 0.1) is 6.92 Å². The van der Waals surface area contributed by atoms with Crippen molar-refractivity contribution in [2.75, 3.05) is 7.05 Å². The summed E-state index contributed by atoms with van der Waals surface area (Å²) in [4.78, 5) is 16.6. The molecule has 0 aliphatic carbocycles. The van der Waals surface area contributed by atoms with E-state index in [1.807, 2.05) is 19.2 Å². The van der Waals surface area contributed by atoms with E-state index in [-0.39, 0.29) is 16.8 Å². The molecule has 8 heteroatoms. The lowest BCUT2D eigenvalue weighted by molar-refractivity contribution is -0.121. The number of hydrogen-bond donors (Lipinski definition) is 2. The van der Waals surface area contributed by atoms with E-state index in [2.05, 4.69) is 15.0 Å². The van der Waals surface area contributed by atoms with Crippen LogP contribution in [-0.2, 0) is 21.2 Å². The maximum atomic E-state index is 12.0. The molecule has 6 nitrogen and oxygen atoms in total. The fraction of sp³-hybridized carbons (Fsp3) is 0.375. The Morgan fingerprint density at radius 3 is 2.50 bits per heavy atom. The number of amides is 1. The quantitative estimate of drug-likeness (QED) is 0.785. The molecule has 0 fully saturated rings. The van der Waals surface area contributed by atoms with Gasteiger partial charge in [0.2, 0.25) is 15.9 Å². The van der Waals surface area contributed by atoms with Crippen molar-refractivity contribution in [3.63, 3.8) is 0 Å². The molecule has 1 aromatic heterocycles. The number of carbonyl (C=O) groups excluding carboxylic acids is 1. The van der Waals surface area contributed by atoms with Crippen molar-refractivity contribution >= 4 is 27.3 Å². The van der Waals surface area contributed by atoms with Crippen LogP contribution in [-0.4, -0.2) is 26.4 Å². The molecule has 0 saturated carbocycles. The van der Waals surface area contributed by atoms with Crippen molar-refractivity contribution in [3.05, 3.63) is 45.9 Å². The van der Waals surface area contributed by atoms with Crippen LogP contribution in [0.1, 0.15) is 35.7 Å². The Kier molecular flexibility index (Phi) is 6.09. The minimum Gasteiger partial charge on any atom is -0.348 e. The molecule has 0 saturated heterocycles. The van der Waals surface area contributed by atoms with Crippen LogP contribution in [0.25, 0.3) is 0 Å². The van der Waals surface area contributed by atoms with Gasteiger partial charge in [-0.2, -0.15) is 0 Å². The van der Waals surface area contributed by atoms with Crippen molar-refractivity contribution in [1.82, 2.24) is 15.0 Å². The van der Waals surface area contributed by atoms with Crippen molar-refractivity contribution in [2.45, 2.75) is 37.6 Å². The molecule has 0 bridgehead atoms. The predicted molar refractivity (Wildman–Crippen MR) is 94.4 cm³/mol. The second kappa shape index (κ2) is 7.87. The summed E-state index contributed by atoms with van der Waals surface area (Å²) >= 11 is 1.56. The van der Waals surface area contributed by atoms with Crippen LogP contribution in [0.5, 0.6) is 0 Å². The van der Waals surface area contributed by atoms with Crippen LogP contribution in [0.4, 0.5) is 0 Å². The summed E-state index contributed by atoms with van der Waals surface area (Å²) in [6.45, 7) is 3.84. The summed E-state index contributed by atoms with van der Waals surface area (Å²) in [6, 6.07) is 6.42. The summed E-state index contributed by atoms with van der Waals surface area (Å²) in [5, 5.41) is 5.84. The average molecular weight is 367 g/mol. The predicted octanol–water partition coefficient (Wildman–Crippen LogP) is 2.17. The highest BCUT2D eigenvalue weighted by molar-refractivity contribution is 7.89. The summed E-state index contributed by atoms with van der Waals surface area (Å²) in [6.07, 6.45) is 0.889. The van der Waals surface area contributed by atoms with Gasteiger partial charge in [0, 0.05) is 11.8 Å². The van der Waals surface area contributed by atoms with Crippen molar-refractivity contribution < 1.29 is 13.2 Å². The lowest BCUT2D eigenvalue weighted by Crippen LogP contribution is -2.27. The highest BCUT2D eigenvalue weighted by Gasteiger charge is 2.13. The molecule has 0 unspecified atom stereocenters. The molecular weight excluding hydrogens is 346 g/mol. The number of sulfonamides is 1. The third-order valence-corrected chi connectivity index (χ3v) is 5.82. The van der Waals surface area contributed by atoms with Crippen molar-refractivity contribution in [2.24, 2.45) is 0 Å². The fourth-order valence-electron chi connectivity index (χ4n) is 2.18. The fourth-order valence-corrected chi connectivity index (χ4v) is 3.61. The Bertz CT molecular complexity index is 798. The van der Waals surface area contributed by atoms with Gasteiger partial charge >= 0.3 is 0 Å². The Labute approximate surface area is 146 Å². The molecule has 1 atom stereocenters. The molecule has 2 rings (SSSR count). The zero-order valence-electron chi connectivity index (χ0n) is 13.9. The number of nitrogens with one attached hydrogen (secondary N) is 2. The first kappa shape index (κ1) is 18.6. The number of thiazole rings is 1. The molecule has 130 valence electrons. The molecule has 1 heterocycles. The lowest BCUT2D eigenvalue weighted by atomic mass is 10.1. The van der Waals surface area contributed by atoms with E-state index in [1.165, 1.54) is 7.05 Å². The normalized spacial score (nSPS) is 12.8. The van der Waals surface area contributed by atoms with E-state index in [9.17, 15) is 13.2 Å². The lowest BCUT2D eigenvalue weighted by Gasteiger charge is -2.11. The van der Waals surface area contributed by atoms with Crippen molar-refractivity contribution in [1.29, 1.82) is 0 Å². The Morgan fingerprint density at radius 2 is 1.96 bits per heavy atom. The Hall–Kier alpha value is -1.77. The standard InChI is InChI=1S/C16H21N3O3S2/c1-11(15-10-23-12(2)19-15)18-16(20)9-6-13-4-7-14(8-5-13)24(21,22)17-3/h4-5,7-8,10-11,17H,6,9H2,1-3H3,(H,18,20)/t11-/m0/s1. The first-order valence-electron chi connectivity index (χ1n) is 7.55. The van der Waals surface area contributed by atoms with Gasteiger partial charge in [0.15, 0.2) is 0 Å². The monoisotopic (exact) mass is 367 g/mol. The van der Waals surface area contributed by atoms with Gasteiger partial charge in [0.1, 0.15) is 0 Å². The number of rotatable bonds is 7. The second-order valence-corrected chi connectivity index (χ2v) is 8.38. The molecule has 2 aromatic rings. The Morgan fingerprint density at radius 1 is 1.29 bits per heavy atom. The number of benzene rings is 1. The largest absolute Gasteiger partial charge is 0.348 e. The van der Waals surface area contributed by atoms with Crippen LogP contribution in [0.2, 0.25) is 0 Å². The first-order valence-corrected chi connectivity index (χ1v) is 9.92. The maximum absolute atomic E-state index is 12.0. The van der Waals surface area contributed by atoms with Gasteiger partial charge in [-0.3, -0.25) is 4.79 Å². The van der Waals surface area contributed by atoms with E-state index in [0.717, 1.165) is 16.3 Å². The van der Waals surface area contributed by atoms with Gasteiger partial charge in [-0.05, 0) is 45.0 Å². The highest BCUT2D eigenvalue weighted by Crippen LogP contribution is 2.16. The summed E-state index contributed by atoms with van der Waals surface area (Å²) < 4.78 is 25.6. The topological polar surface area (TPSA) is 88.2 Å². The van der Waals surface area contributed by atoms with Gasteiger partial charge < -0.3 is 5.32 Å². The summed E-state index contributed by atoms with van der Waals surface area (Å²) in [5.41, 5.74) is 1.78. The maximum Gasteiger partial charge on any atom is 0.240 e. The zero-order chi connectivity index (χ0) is 17.7. The van der Waals surface area contributed by atoms with Gasteiger partial charge in [0.25, 0.3) is 0 Å². The Balaban J connectivity index is 1.87. The molecule has 0 aliphatic heterocycles. The minimum atomic E-state index is -3.43. The number of hydrogen-bond acceptors (Lipinski definition) is 5. The molecule has 0 radical (unpaired) electrons. The van der Waals surface area contributed by atoms with Crippen LogP contribution in [0.15, 0.2) is 34.5 Å². The zero-order valence-corrected chi connectivity index (χ0v) is 15.5. The SMILES string of the molecule is CNS(=O)(=O)c1ccc(CCC(=O)N[C@@H](C)c2csc(C)n2)cc1. The molecule has 24 heavy (non-hydrogen) atoms. The van der Waals surface area contributed by atoms with E-state index >= 15 is 0 Å². The third kappa shape index (κ3) is 4.86. The van der Waals surface area contributed by atoms with Gasteiger partial charge in [-0.25, -0.2) is 18.1 Å². The van der Waals surface area contributed by atoms with Gasteiger partial charge in [0.05, 0.1) is 21.6 Å². The van der Waals surface area contributed by atoms with Crippen molar-refractivity contribution in [3.8, 4) is 0 Å². The highest BCUT2D eigenvalue weighted by atomic mass is 32.2. The molecule has 0 aliphatic rings. The molecule has 1 amide bonds. The minimum absolute atomic E-state index is 0.0555. The van der Waals surface area contributed by atoms with Crippen LogP contribution >= 0.6 is 11.3 Å². The van der Waals surface area contributed by atoms with Crippen LogP contribution in [0.3, 0.4) is 0 Å². The van der Waals surface area contributed by atoms with Crippen LogP contribution < -0.4 is 10.0 Å². The van der Waals surface area contributed by atoms with Gasteiger partial charge in [-0.15, -0.1) is 11.3 Å². The first-order chi connectivity index (χ1) is 11.3. The number of carbonyl (C=O) groups is 1. The number of aryl methyl sites for hydroxylation is 2. The molecule has 2 N–H and O–H groups in total. The smallest absolute Gasteiger partial charge is 0.240 e. The number of aromatic nitrogens is 1. The van der Waals surface area contributed by atoms with Gasteiger partial charge in [-0.1, -0.05) is 12.1 Å². The van der Waals surface area contributed by atoms with E-state index in [1.54, 1.807) is 35.6 Å². The number of nitrogens with zero attached hydrogens (tertiary/aromatic N) is 1. The van der Waals surface area contributed by atoms with E-state index in [4.69, 9.17) is 0 Å². The van der Waals surface area contributed by atoms with E-state index < -0.39 is 10.0 Å².